The van der Waals surface area contributed by atoms with E-state index in [1.54, 1.807) is 32.4 Å². The van der Waals surface area contributed by atoms with Crippen molar-refractivity contribution in [3.63, 3.8) is 0 Å². The molecule has 0 N–H and O–H groups in total. The lowest BCUT2D eigenvalue weighted by atomic mass is 9.91. The second-order valence-corrected chi connectivity index (χ2v) is 4.55. The number of hydrogen-bond donors (Lipinski definition) is 0. The number of carbonyl (C=O) groups is 1. The average molecular weight is 250 g/mol. The molecule has 0 amide bonds. The van der Waals surface area contributed by atoms with Gasteiger partial charge in [-0.25, -0.2) is 0 Å². The maximum absolute atomic E-state index is 12.6. The number of carbonyl (C=O) groups excluding carboxylic acids is 1. The number of rotatable bonds is 4. The van der Waals surface area contributed by atoms with Crippen molar-refractivity contribution in [2.24, 2.45) is 0 Å². The van der Waals surface area contributed by atoms with E-state index in [4.69, 9.17) is 14.2 Å². The Morgan fingerprint density at radius 2 is 1.89 bits per heavy atom. The highest BCUT2D eigenvalue weighted by Gasteiger charge is 2.40. The lowest BCUT2D eigenvalue weighted by Crippen LogP contribution is -2.34. The standard InChI is InChI=1S/C14H18O4/c1-14(8-5-9-18-14)13(15)12-10(16-2)6-4-7-11(12)17-3/h4,6-7H,5,8-9H2,1-3H3. The Morgan fingerprint density at radius 3 is 2.33 bits per heavy atom. The second-order valence-electron chi connectivity index (χ2n) is 4.55. The van der Waals surface area contributed by atoms with Crippen LogP contribution in [0.1, 0.15) is 30.1 Å². The zero-order valence-electron chi connectivity index (χ0n) is 11.0. The van der Waals surface area contributed by atoms with Crippen molar-refractivity contribution in [1.29, 1.82) is 0 Å². The van der Waals surface area contributed by atoms with Crippen LogP contribution in [0.25, 0.3) is 0 Å². The summed E-state index contributed by atoms with van der Waals surface area (Å²) in [7, 11) is 3.09. The molecule has 0 bridgehead atoms. The van der Waals surface area contributed by atoms with E-state index >= 15 is 0 Å². The van der Waals surface area contributed by atoms with Gasteiger partial charge in [0.05, 0.1) is 14.2 Å². The minimum absolute atomic E-state index is 0.0747. The first kappa shape index (κ1) is 12.9. The fourth-order valence-electron chi connectivity index (χ4n) is 2.30. The first-order chi connectivity index (χ1) is 8.62. The molecule has 2 rings (SSSR count). The summed E-state index contributed by atoms with van der Waals surface area (Å²) in [6.07, 6.45) is 1.63. The van der Waals surface area contributed by atoms with Gasteiger partial charge in [-0.2, -0.15) is 0 Å². The van der Waals surface area contributed by atoms with Crippen LogP contribution in [0.3, 0.4) is 0 Å². The summed E-state index contributed by atoms with van der Waals surface area (Å²) in [5.41, 5.74) is -0.297. The molecule has 1 aromatic rings. The van der Waals surface area contributed by atoms with Gasteiger partial charge in [0.1, 0.15) is 22.7 Å². The van der Waals surface area contributed by atoms with Gasteiger partial charge >= 0.3 is 0 Å². The summed E-state index contributed by atoms with van der Waals surface area (Å²) in [5, 5.41) is 0. The van der Waals surface area contributed by atoms with E-state index in [0.29, 0.717) is 23.7 Å². The van der Waals surface area contributed by atoms with Crippen LogP contribution in [0.15, 0.2) is 18.2 Å². The van der Waals surface area contributed by atoms with Gasteiger partial charge in [0.25, 0.3) is 0 Å². The minimum atomic E-state index is -0.762. The van der Waals surface area contributed by atoms with Crippen LogP contribution in [0, 0.1) is 0 Å². The predicted molar refractivity (Wildman–Crippen MR) is 67.5 cm³/mol. The van der Waals surface area contributed by atoms with E-state index < -0.39 is 5.60 Å². The van der Waals surface area contributed by atoms with Gasteiger partial charge in [0.15, 0.2) is 0 Å². The highest BCUT2D eigenvalue weighted by atomic mass is 16.5. The van der Waals surface area contributed by atoms with Crippen LogP contribution in [0.5, 0.6) is 11.5 Å². The smallest absolute Gasteiger partial charge is 0.201 e. The van der Waals surface area contributed by atoms with Gasteiger partial charge in [-0.15, -0.1) is 0 Å². The number of benzene rings is 1. The summed E-state index contributed by atoms with van der Waals surface area (Å²) in [6.45, 7) is 2.45. The molecule has 4 heteroatoms. The molecule has 1 unspecified atom stereocenters. The molecule has 98 valence electrons. The van der Waals surface area contributed by atoms with Gasteiger partial charge in [-0.3, -0.25) is 4.79 Å². The Bertz CT molecular complexity index is 425. The van der Waals surface area contributed by atoms with Gasteiger partial charge < -0.3 is 14.2 Å². The maximum Gasteiger partial charge on any atom is 0.201 e. The molecule has 18 heavy (non-hydrogen) atoms. The number of hydrogen-bond acceptors (Lipinski definition) is 4. The second kappa shape index (κ2) is 4.98. The molecule has 0 aromatic heterocycles. The molecule has 0 aliphatic carbocycles. The Labute approximate surface area is 107 Å². The third kappa shape index (κ3) is 2.08. The Hall–Kier alpha value is -1.55. The van der Waals surface area contributed by atoms with Crippen molar-refractivity contribution in [2.45, 2.75) is 25.4 Å². The Morgan fingerprint density at radius 1 is 1.28 bits per heavy atom. The number of methoxy groups -OCH3 is 2. The first-order valence-corrected chi connectivity index (χ1v) is 6.02. The van der Waals surface area contributed by atoms with Crippen molar-refractivity contribution >= 4 is 5.78 Å². The molecule has 1 aromatic carbocycles. The van der Waals surface area contributed by atoms with Gasteiger partial charge in [-0.05, 0) is 31.9 Å². The number of ketones is 1. The third-order valence-corrected chi connectivity index (χ3v) is 3.35. The summed E-state index contributed by atoms with van der Waals surface area (Å²) < 4.78 is 16.1. The topological polar surface area (TPSA) is 44.8 Å². The molecule has 0 radical (unpaired) electrons. The molecular weight excluding hydrogens is 232 g/mol. The van der Waals surface area contributed by atoms with Gasteiger partial charge in [0.2, 0.25) is 5.78 Å². The van der Waals surface area contributed by atoms with Crippen LogP contribution in [-0.2, 0) is 4.74 Å². The van der Waals surface area contributed by atoms with E-state index in [9.17, 15) is 4.79 Å². The quantitative estimate of drug-likeness (QED) is 0.770. The molecule has 1 aliphatic rings. The largest absolute Gasteiger partial charge is 0.496 e. The zero-order valence-corrected chi connectivity index (χ0v) is 11.0. The highest BCUT2D eigenvalue weighted by molar-refractivity contribution is 6.06. The van der Waals surface area contributed by atoms with Crippen LogP contribution in [0.4, 0.5) is 0 Å². The van der Waals surface area contributed by atoms with Crippen LogP contribution in [0.2, 0.25) is 0 Å². The van der Waals surface area contributed by atoms with Crippen LogP contribution < -0.4 is 9.47 Å². The summed E-state index contributed by atoms with van der Waals surface area (Å²) in [6, 6.07) is 5.31. The normalized spacial score (nSPS) is 22.8. The van der Waals surface area contributed by atoms with E-state index in [0.717, 1.165) is 12.8 Å². The fraction of sp³-hybridized carbons (Fsp3) is 0.500. The lowest BCUT2D eigenvalue weighted by molar-refractivity contribution is 0.0209. The maximum atomic E-state index is 12.6. The van der Waals surface area contributed by atoms with Crippen molar-refractivity contribution < 1.29 is 19.0 Å². The van der Waals surface area contributed by atoms with E-state index in [1.807, 2.05) is 6.92 Å². The fourth-order valence-corrected chi connectivity index (χ4v) is 2.30. The molecule has 1 heterocycles. The van der Waals surface area contributed by atoms with Crippen molar-refractivity contribution in [2.75, 3.05) is 20.8 Å². The van der Waals surface area contributed by atoms with Gasteiger partial charge in [-0.1, -0.05) is 6.07 Å². The minimum Gasteiger partial charge on any atom is -0.496 e. The van der Waals surface area contributed by atoms with Crippen molar-refractivity contribution in [1.82, 2.24) is 0 Å². The van der Waals surface area contributed by atoms with Crippen molar-refractivity contribution in [3.05, 3.63) is 23.8 Å². The first-order valence-electron chi connectivity index (χ1n) is 6.02. The van der Waals surface area contributed by atoms with E-state index in [2.05, 4.69) is 0 Å². The SMILES string of the molecule is COc1cccc(OC)c1C(=O)C1(C)CCCO1. The predicted octanol–water partition coefficient (Wildman–Crippen LogP) is 2.46. The molecule has 1 saturated heterocycles. The lowest BCUT2D eigenvalue weighted by Gasteiger charge is -2.23. The summed E-state index contributed by atoms with van der Waals surface area (Å²) in [5.74, 6) is 0.974. The average Bonchev–Trinajstić information content (AvgIpc) is 2.85. The van der Waals surface area contributed by atoms with Gasteiger partial charge in [0, 0.05) is 6.61 Å². The molecule has 4 nitrogen and oxygen atoms in total. The summed E-state index contributed by atoms with van der Waals surface area (Å²) in [4.78, 5) is 12.6. The molecule has 1 fully saturated rings. The highest BCUT2D eigenvalue weighted by Crippen LogP contribution is 2.36. The summed E-state index contributed by atoms with van der Waals surface area (Å²) >= 11 is 0. The van der Waals surface area contributed by atoms with E-state index in [1.165, 1.54) is 0 Å². The Balaban J connectivity index is 2.46. The van der Waals surface area contributed by atoms with Crippen LogP contribution in [-0.4, -0.2) is 32.2 Å². The monoisotopic (exact) mass is 250 g/mol. The van der Waals surface area contributed by atoms with E-state index in [-0.39, 0.29) is 5.78 Å². The third-order valence-electron chi connectivity index (χ3n) is 3.35. The zero-order chi connectivity index (χ0) is 13.2. The molecule has 0 saturated carbocycles. The number of ether oxygens (including phenoxy) is 3. The molecular formula is C14H18O4. The Kier molecular flexibility index (Phi) is 3.57. The van der Waals surface area contributed by atoms with Crippen LogP contribution >= 0.6 is 0 Å². The molecule has 0 spiro atoms. The number of Topliss-reactive ketones (excluding diaryl/α,β-unsaturated/α-hetero) is 1. The molecule has 1 aliphatic heterocycles. The molecule has 1 atom stereocenters. The van der Waals surface area contributed by atoms with Crippen molar-refractivity contribution in [3.8, 4) is 11.5 Å².